The molecule has 21 heavy (non-hydrogen) atoms. The van der Waals surface area contributed by atoms with Crippen LogP contribution in [-0.4, -0.2) is 51.1 Å². The second-order valence-corrected chi connectivity index (χ2v) is 7.00. The molecule has 0 spiro atoms. The molecule has 1 aromatic rings. The van der Waals surface area contributed by atoms with Crippen molar-refractivity contribution in [2.24, 2.45) is 0 Å². The van der Waals surface area contributed by atoms with E-state index in [1.165, 1.54) is 0 Å². The number of halogens is 3. The molecule has 0 atom stereocenters. The van der Waals surface area contributed by atoms with Gasteiger partial charge < -0.3 is 10.1 Å². The van der Waals surface area contributed by atoms with Crippen LogP contribution in [0.4, 0.5) is 13.2 Å². The Morgan fingerprint density at radius 1 is 1.10 bits per heavy atom. The standard InChI is InChI=1S/C12H13F3N2O3S/c13-9-1-2-10(12(15)11(9)14)21(18,19)17-3-7(4-17)16-8-5-20-6-8/h1-2,7-8,16H,3-6H2. The summed E-state index contributed by atoms with van der Waals surface area (Å²) in [6.07, 6.45) is 0. The van der Waals surface area contributed by atoms with Gasteiger partial charge in [-0.25, -0.2) is 21.6 Å². The smallest absolute Gasteiger partial charge is 0.246 e. The average molecular weight is 322 g/mol. The Morgan fingerprint density at radius 3 is 2.33 bits per heavy atom. The predicted molar refractivity (Wildman–Crippen MR) is 66.6 cm³/mol. The SMILES string of the molecule is O=S(=O)(c1ccc(F)c(F)c1F)N1CC(NC2COC2)C1. The van der Waals surface area contributed by atoms with Crippen molar-refractivity contribution in [1.82, 2.24) is 9.62 Å². The van der Waals surface area contributed by atoms with Crippen molar-refractivity contribution in [1.29, 1.82) is 0 Å². The summed E-state index contributed by atoms with van der Waals surface area (Å²) in [4.78, 5) is -0.841. The number of hydrogen-bond acceptors (Lipinski definition) is 4. The van der Waals surface area contributed by atoms with Crippen LogP contribution < -0.4 is 5.32 Å². The molecule has 9 heteroatoms. The number of rotatable bonds is 4. The average Bonchev–Trinajstić information content (AvgIpc) is 2.31. The summed E-state index contributed by atoms with van der Waals surface area (Å²) in [6, 6.07) is 1.51. The van der Waals surface area contributed by atoms with Gasteiger partial charge in [-0.1, -0.05) is 0 Å². The van der Waals surface area contributed by atoms with Crippen LogP contribution in [-0.2, 0) is 14.8 Å². The van der Waals surface area contributed by atoms with Crippen LogP contribution in [0.3, 0.4) is 0 Å². The number of ether oxygens (including phenoxy) is 1. The Labute approximate surface area is 119 Å². The third-order valence-electron chi connectivity index (χ3n) is 3.58. The van der Waals surface area contributed by atoms with E-state index in [1.807, 2.05) is 0 Å². The van der Waals surface area contributed by atoms with E-state index in [9.17, 15) is 21.6 Å². The van der Waals surface area contributed by atoms with Crippen LogP contribution in [0.25, 0.3) is 0 Å². The van der Waals surface area contributed by atoms with E-state index in [-0.39, 0.29) is 25.2 Å². The van der Waals surface area contributed by atoms with Crippen molar-refractivity contribution in [2.45, 2.75) is 17.0 Å². The summed E-state index contributed by atoms with van der Waals surface area (Å²) < 4.78 is 69.9. The van der Waals surface area contributed by atoms with Crippen molar-refractivity contribution < 1.29 is 26.3 Å². The number of nitrogens with zero attached hydrogens (tertiary/aromatic N) is 1. The highest BCUT2D eigenvalue weighted by molar-refractivity contribution is 7.89. The number of hydrogen-bond donors (Lipinski definition) is 1. The highest BCUT2D eigenvalue weighted by Crippen LogP contribution is 2.26. The number of benzene rings is 1. The Kier molecular flexibility index (Phi) is 3.68. The fraction of sp³-hybridized carbons (Fsp3) is 0.500. The van der Waals surface area contributed by atoms with E-state index < -0.39 is 32.4 Å². The molecule has 0 bridgehead atoms. The molecule has 1 N–H and O–H groups in total. The summed E-state index contributed by atoms with van der Waals surface area (Å²) in [7, 11) is -4.15. The quantitative estimate of drug-likeness (QED) is 0.819. The van der Waals surface area contributed by atoms with Crippen molar-refractivity contribution in [3.8, 4) is 0 Å². The summed E-state index contributed by atoms with van der Waals surface area (Å²) in [6.45, 7) is 1.50. The lowest BCUT2D eigenvalue weighted by Crippen LogP contribution is -2.64. The fourth-order valence-corrected chi connectivity index (χ4v) is 3.84. The van der Waals surface area contributed by atoms with Gasteiger partial charge >= 0.3 is 0 Å². The molecule has 3 rings (SSSR count). The van der Waals surface area contributed by atoms with Crippen molar-refractivity contribution in [3.05, 3.63) is 29.6 Å². The molecule has 116 valence electrons. The molecule has 1 aromatic carbocycles. The van der Waals surface area contributed by atoms with Gasteiger partial charge in [0.2, 0.25) is 10.0 Å². The lowest BCUT2D eigenvalue weighted by Gasteiger charge is -2.42. The zero-order valence-corrected chi connectivity index (χ0v) is 11.7. The predicted octanol–water partition coefficient (Wildman–Crippen LogP) is 0.465. The van der Waals surface area contributed by atoms with Crippen LogP contribution >= 0.6 is 0 Å². The second kappa shape index (κ2) is 5.24. The molecule has 2 saturated heterocycles. The normalized spacial score (nSPS) is 21.1. The van der Waals surface area contributed by atoms with Gasteiger partial charge in [0, 0.05) is 19.1 Å². The van der Waals surface area contributed by atoms with Crippen LogP contribution in [0.2, 0.25) is 0 Å². The van der Waals surface area contributed by atoms with E-state index in [4.69, 9.17) is 4.74 Å². The van der Waals surface area contributed by atoms with E-state index in [2.05, 4.69) is 5.32 Å². The maximum absolute atomic E-state index is 13.6. The molecule has 0 saturated carbocycles. The molecule has 2 aliphatic rings. The molecular weight excluding hydrogens is 309 g/mol. The van der Waals surface area contributed by atoms with E-state index in [0.717, 1.165) is 10.4 Å². The maximum Gasteiger partial charge on any atom is 0.246 e. The summed E-state index contributed by atoms with van der Waals surface area (Å²) in [5.74, 6) is -4.88. The van der Waals surface area contributed by atoms with Crippen LogP contribution in [0.15, 0.2) is 17.0 Å². The van der Waals surface area contributed by atoms with Gasteiger partial charge in [0.1, 0.15) is 4.90 Å². The van der Waals surface area contributed by atoms with Gasteiger partial charge in [0.05, 0.1) is 19.3 Å². The minimum atomic E-state index is -4.15. The lowest BCUT2D eigenvalue weighted by molar-refractivity contribution is -0.0168. The highest BCUT2D eigenvalue weighted by atomic mass is 32.2. The van der Waals surface area contributed by atoms with Crippen molar-refractivity contribution >= 4 is 10.0 Å². The third kappa shape index (κ3) is 2.54. The molecular formula is C12H13F3N2O3S. The summed E-state index contributed by atoms with van der Waals surface area (Å²) in [5, 5.41) is 3.18. The minimum Gasteiger partial charge on any atom is -0.378 e. The minimum absolute atomic E-state index is 0.0398. The summed E-state index contributed by atoms with van der Waals surface area (Å²) in [5.41, 5.74) is 0. The van der Waals surface area contributed by atoms with Gasteiger partial charge in [0.25, 0.3) is 0 Å². The number of nitrogens with one attached hydrogen (secondary N) is 1. The molecule has 0 radical (unpaired) electrons. The monoisotopic (exact) mass is 322 g/mol. The highest BCUT2D eigenvalue weighted by Gasteiger charge is 2.40. The topological polar surface area (TPSA) is 58.6 Å². The van der Waals surface area contributed by atoms with Crippen LogP contribution in [0, 0.1) is 17.5 Å². The lowest BCUT2D eigenvalue weighted by atomic mass is 10.1. The number of sulfonamides is 1. The van der Waals surface area contributed by atoms with Crippen molar-refractivity contribution in [3.63, 3.8) is 0 Å². The van der Waals surface area contributed by atoms with Crippen molar-refractivity contribution in [2.75, 3.05) is 26.3 Å². The summed E-state index contributed by atoms with van der Waals surface area (Å²) >= 11 is 0. The van der Waals surface area contributed by atoms with Gasteiger partial charge in [-0.3, -0.25) is 0 Å². The third-order valence-corrected chi connectivity index (χ3v) is 5.42. The molecule has 5 nitrogen and oxygen atoms in total. The molecule has 2 fully saturated rings. The molecule has 0 aromatic heterocycles. The van der Waals surface area contributed by atoms with Gasteiger partial charge in [0.15, 0.2) is 17.5 Å². The van der Waals surface area contributed by atoms with E-state index in [1.54, 1.807) is 0 Å². The largest absolute Gasteiger partial charge is 0.378 e. The first-order valence-electron chi connectivity index (χ1n) is 6.37. The first kappa shape index (κ1) is 14.8. The van der Waals surface area contributed by atoms with Gasteiger partial charge in [-0.2, -0.15) is 4.31 Å². The maximum atomic E-state index is 13.6. The van der Waals surface area contributed by atoms with E-state index in [0.29, 0.717) is 19.3 Å². The first-order valence-corrected chi connectivity index (χ1v) is 7.81. The Morgan fingerprint density at radius 2 is 1.76 bits per heavy atom. The molecule has 2 heterocycles. The van der Waals surface area contributed by atoms with Gasteiger partial charge in [-0.05, 0) is 12.1 Å². The molecule has 2 aliphatic heterocycles. The van der Waals surface area contributed by atoms with Gasteiger partial charge in [-0.15, -0.1) is 0 Å². The Hall–Kier alpha value is -1.16. The van der Waals surface area contributed by atoms with Crippen LogP contribution in [0.5, 0.6) is 0 Å². The molecule has 0 amide bonds. The van der Waals surface area contributed by atoms with Crippen LogP contribution in [0.1, 0.15) is 0 Å². The first-order chi connectivity index (χ1) is 9.89. The van der Waals surface area contributed by atoms with E-state index >= 15 is 0 Å². The molecule has 0 aliphatic carbocycles. The zero-order chi connectivity index (χ0) is 15.2. The Balaban J connectivity index is 1.72. The second-order valence-electron chi connectivity index (χ2n) is 5.09. The fourth-order valence-electron chi connectivity index (χ4n) is 2.25. The Bertz CT molecular complexity index is 658. The molecule has 0 unspecified atom stereocenters. The zero-order valence-electron chi connectivity index (χ0n) is 10.9.